The van der Waals surface area contributed by atoms with E-state index in [1.54, 1.807) is 67.6 Å². The van der Waals surface area contributed by atoms with Crippen LogP contribution in [-0.2, 0) is 19.6 Å². The van der Waals surface area contributed by atoms with E-state index in [2.05, 4.69) is 10.0 Å². The number of nitrogens with one attached hydrogen (secondary N) is 2. The minimum absolute atomic E-state index is 0.0174. The van der Waals surface area contributed by atoms with E-state index >= 15 is 0 Å². The van der Waals surface area contributed by atoms with E-state index in [1.165, 1.54) is 13.2 Å². The van der Waals surface area contributed by atoms with Gasteiger partial charge in [-0.3, -0.25) is 9.52 Å². The van der Waals surface area contributed by atoms with Gasteiger partial charge < -0.3 is 14.8 Å². The molecule has 170 valence electrons. The predicted octanol–water partition coefficient (Wildman–Crippen LogP) is 4.04. The number of ether oxygens (including phenoxy) is 2. The summed E-state index contributed by atoms with van der Waals surface area (Å²) in [6.07, 6.45) is -0.771. The molecule has 0 aromatic heterocycles. The zero-order valence-electron chi connectivity index (χ0n) is 18.0. The molecule has 1 aliphatic rings. The Bertz CT molecular complexity index is 1340. The highest BCUT2D eigenvalue weighted by Gasteiger charge is 2.32. The second kappa shape index (κ2) is 8.95. The number of methoxy groups -OCH3 is 1. The molecule has 1 aliphatic heterocycles. The summed E-state index contributed by atoms with van der Waals surface area (Å²) in [7, 11) is -2.50. The summed E-state index contributed by atoms with van der Waals surface area (Å²) in [5.74, 6) is -0.488. The molecule has 0 fully saturated rings. The van der Waals surface area contributed by atoms with Gasteiger partial charge in [0.05, 0.1) is 29.7 Å². The van der Waals surface area contributed by atoms with Crippen LogP contribution in [0.4, 0.5) is 11.4 Å². The molecule has 2 N–H and O–H groups in total. The number of hydrogen-bond acceptors (Lipinski definition) is 6. The smallest absolute Gasteiger partial charge is 0.339 e. The molecule has 0 bridgehead atoms. The van der Waals surface area contributed by atoms with Crippen LogP contribution in [0.5, 0.6) is 5.75 Å². The van der Waals surface area contributed by atoms with Crippen molar-refractivity contribution in [1.82, 2.24) is 0 Å². The molecular formula is C24H22N2O6S. The van der Waals surface area contributed by atoms with Crippen LogP contribution in [0, 0.1) is 6.92 Å². The van der Waals surface area contributed by atoms with Gasteiger partial charge in [-0.2, -0.15) is 0 Å². The van der Waals surface area contributed by atoms with Gasteiger partial charge in [-0.1, -0.05) is 36.4 Å². The zero-order valence-corrected chi connectivity index (χ0v) is 18.8. The molecule has 1 amide bonds. The third kappa shape index (κ3) is 4.68. The lowest BCUT2D eigenvalue weighted by molar-refractivity contribution is -0.118. The van der Waals surface area contributed by atoms with Crippen molar-refractivity contribution in [1.29, 1.82) is 0 Å². The number of para-hydroxylation sites is 2. The average Bonchev–Trinajstić information content (AvgIpc) is 3.10. The van der Waals surface area contributed by atoms with E-state index in [0.29, 0.717) is 33.8 Å². The van der Waals surface area contributed by atoms with Crippen molar-refractivity contribution in [2.45, 2.75) is 24.3 Å². The highest BCUT2D eigenvalue weighted by molar-refractivity contribution is 7.92. The quantitative estimate of drug-likeness (QED) is 0.509. The molecule has 8 nitrogen and oxygen atoms in total. The summed E-state index contributed by atoms with van der Waals surface area (Å²) in [6.45, 7) is 1.66. The molecule has 0 spiro atoms. The normalized spacial score (nSPS) is 14.8. The van der Waals surface area contributed by atoms with Crippen LogP contribution in [0.15, 0.2) is 71.6 Å². The fourth-order valence-electron chi connectivity index (χ4n) is 3.65. The molecule has 3 aromatic rings. The summed E-state index contributed by atoms with van der Waals surface area (Å²) in [5.41, 5.74) is 2.22. The molecule has 33 heavy (non-hydrogen) atoms. The monoisotopic (exact) mass is 466 g/mol. The summed E-state index contributed by atoms with van der Waals surface area (Å²) >= 11 is 0. The number of cyclic esters (lactones) is 1. The summed E-state index contributed by atoms with van der Waals surface area (Å²) in [4.78, 5) is 24.6. The molecule has 0 aliphatic carbocycles. The second-order valence-electron chi connectivity index (χ2n) is 7.52. The van der Waals surface area contributed by atoms with Gasteiger partial charge in [0.15, 0.2) is 0 Å². The topological polar surface area (TPSA) is 111 Å². The first kappa shape index (κ1) is 22.3. The van der Waals surface area contributed by atoms with Crippen molar-refractivity contribution in [3.8, 4) is 5.75 Å². The molecule has 0 saturated heterocycles. The highest BCUT2D eigenvalue weighted by atomic mass is 32.2. The Morgan fingerprint density at radius 1 is 1.06 bits per heavy atom. The summed E-state index contributed by atoms with van der Waals surface area (Å²) < 4.78 is 39.1. The minimum Gasteiger partial charge on any atom is -0.495 e. The summed E-state index contributed by atoms with van der Waals surface area (Å²) in [5, 5.41) is 2.69. The molecule has 1 atom stereocenters. The third-order valence-electron chi connectivity index (χ3n) is 5.26. The summed E-state index contributed by atoms with van der Waals surface area (Å²) in [6, 6.07) is 18.2. The molecule has 4 rings (SSSR count). The van der Waals surface area contributed by atoms with Gasteiger partial charge in [0, 0.05) is 11.3 Å². The maximum Gasteiger partial charge on any atom is 0.339 e. The van der Waals surface area contributed by atoms with Crippen LogP contribution in [0.3, 0.4) is 0 Å². The Balaban J connectivity index is 1.51. The first-order valence-corrected chi connectivity index (χ1v) is 11.6. The fourth-order valence-corrected chi connectivity index (χ4v) is 4.99. The number of benzene rings is 3. The second-order valence-corrected chi connectivity index (χ2v) is 9.17. The van der Waals surface area contributed by atoms with Crippen molar-refractivity contribution in [3.05, 3.63) is 83.4 Å². The lowest BCUT2D eigenvalue weighted by atomic mass is 10.0. The third-order valence-corrected chi connectivity index (χ3v) is 6.77. The number of carbonyl (C=O) groups excluding carboxylic acids is 2. The van der Waals surface area contributed by atoms with Crippen LogP contribution in [0.1, 0.15) is 34.0 Å². The number of anilines is 2. The molecule has 3 aromatic carbocycles. The maximum absolute atomic E-state index is 13.0. The van der Waals surface area contributed by atoms with Gasteiger partial charge >= 0.3 is 5.97 Å². The van der Waals surface area contributed by atoms with Gasteiger partial charge in [0.25, 0.3) is 10.0 Å². The molecule has 1 heterocycles. The van der Waals surface area contributed by atoms with E-state index in [4.69, 9.17) is 9.47 Å². The van der Waals surface area contributed by atoms with Crippen molar-refractivity contribution < 1.29 is 27.5 Å². The van der Waals surface area contributed by atoms with Gasteiger partial charge in [-0.15, -0.1) is 0 Å². The number of esters is 1. The number of rotatable bonds is 7. The van der Waals surface area contributed by atoms with Crippen molar-refractivity contribution in [2.75, 3.05) is 17.1 Å². The van der Waals surface area contributed by atoms with Crippen LogP contribution in [0.2, 0.25) is 0 Å². The van der Waals surface area contributed by atoms with Crippen LogP contribution in [-0.4, -0.2) is 27.4 Å². The van der Waals surface area contributed by atoms with E-state index in [-0.39, 0.29) is 11.3 Å². The number of carbonyl (C=O) groups is 2. The molecule has 0 radical (unpaired) electrons. The van der Waals surface area contributed by atoms with E-state index in [1.807, 2.05) is 0 Å². The van der Waals surface area contributed by atoms with Gasteiger partial charge in [0.1, 0.15) is 11.9 Å². The van der Waals surface area contributed by atoms with Gasteiger partial charge in [-0.05, 0) is 42.8 Å². The van der Waals surface area contributed by atoms with E-state index < -0.39 is 28.0 Å². The van der Waals surface area contributed by atoms with Crippen molar-refractivity contribution in [3.63, 3.8) is 0 Å². The number of aryl methyl sites for hydroxylation is 1. The maximum atomic E-state index is 13.0. The van der Waals surface area contributed by atoms with Crippen LogP contribution >= 0.6 is 0 Å². The minimum atomic E-state index is -3.96. The van der Waals surface area contributed by atoms with Crippen LogP contribution in [0.25, 0.3) is 0 Å². The standard InChI is InChI=1S/C24H22N2O6S/c1-15-11-12-16(13-22(15)33(29,30)26-19-9-5-6-10-20(19)31-2)25-23(27)14-21-17-7-3-4-8-18(17)24(28)32-21/h3-13,21,26H,14H2,1-2H3,(H,25,27). The van der Waals surface area contributed by atoms with E-state index in [0.717, 1.165) is 0 Å². The Hall–Kier alpha value is -3.85. The lowest BCUT2D eigenvalue weighted by Crippen LogP contribution is -2.18. The first-order chi connectivity index (χ1) is 15.8. The van der Waals surface area contributed by atoms with Gasteiger partial charge in [-0.25, -0.2) is 13.2 Å². The van der Waals surface area contributed by atoms with Crippen molar-refractivity contribution >= 4 is 33.3 Å². The molecular weight excluding hydrogens is 444 g/mol. The lowest BCUT2D eigenvalue weighted by Gasteiger charge is -2.15. The molecule has 0 saturated carbocycles. The Morgan fingerprint density at radius 2 is 1.79 bits per heavy atom. The molecule has 1 unspecified atom stereocenters. The number of amides is 1. The molecule has 9 heteroatoms. The highest BCUT2D eigenvalue weighted by Crippen LogP contribution is 2.33. The van der Waals surface area contributed by atoms with Crippen molar-refractivity contribution in [2.24, 2.45) is 0 Å². The predicted molar refractivity (Wildman–Crippen MR) is 123 cm³/mol. The SMILES string of the molecule is COc1ccccc1NS(=O)(=O)c1cc(NC(=O)CC2OC(=O)c3ccccc32)ccc1C. The number of sulfonamides is 1. The number of hydrogen-bond donors (Lipinski definition) is 2. The van der Waals surface area contributed by atoms with E-state index in [9.17, 15) is 18.0 Å². The van der Waals surface area contributed by atoms with Gasteiger partial charge in [0.2, 0.25) is 5.91 Å². The Labute approximate surface area is 191 Å². The Kier molecular flexibility index (Phi) is 6.06. The first-order valence-electron chi connectivity index (χ1n) is 10.1. The largest absolute Gasteiger partial charge is 0.495 e. The Morgan fingerprint density at radius 3 is 2.58 bits per heavy atom. The average molecular weight is 467 g/mol. The number of fused-ring (bicyclic) bond motifs is 1. The zero-order chi connectivity index (χ0) is 23.6. The fraction of sp³-hybridized carbons (Fsp3) is 0.167. The van der Waals surface area contributed by atoms with Crippen LogP contribution < -0.4 is 14.8 Å².